The van der Waals surface area contributed by atoms with Crippen molar-refractivity contribution < 1.29 is 23.8 Å². The molecule has 0 spiro atoms. The minimum Gasteiger partial charge on any atom is -0.490 e. The van der Waals surface area contributed by atoms with Crippen LogP contribution in [0.3, 0.4) is 0 Å². The number of benzene rings is 1. The highest BCUT2D eigenvalue weighted by atomic mass is 79.9. The molecular formula is C15H20BrN3O5. The lowest BCUT2D eigenvalue weighted by molar-refractivity contribution is -0.150. The van der Waals surface area contributed by atoms with Crippen LogP contribution in [-0.4, -0.2) is 37.5 Å². The second-order valence-corrected chi connectivity index (χ2v) is 5.36. The van der Waals surface area contributed by atoms with Gasteiger partial charge in [0.2, 0.25) is 0 Å². The van der Waals surface area contributed by atoms with Gasteiger partial charge in [-0.05, 0) is 54.4 Å². The third kappa shape index (κ3) is 6.07. The van der Waals surface area contributed by atoms with Crippen LogP contribution < -0.4 is 20.6 Å². The van der Waals surface area contributed by atoms with E-state index in [2.05, 4.69) is 26.5 Å². The van der Waals surface area contributed by atoms with E-state index in [1.165, 1.54) is 6.21 Å². The standard InChI is InChI=1S/C15H20BrN3O5/c1-4-22-12-7-10(8-18-19-15(17)21)6-11(16)13(12)24-9(3)14(20)23-5-2/h6-9H,4-5H2,1-3H3,(H3,17,19,21). The van der Waals surface area contributed by atoms with Crippen molar-refractivity contribution in [1.29, 1.82) is 0 Å². The Morgan fingerprint density at radius 3 is 2.67 bits per heavy atom. The number of hydrogen-bond donors (Lipinski definition) is 2. The Kier molecular flexibility index (Phi) is 8.03. The van der Waals surface area contributed by atoms with Gasteiger partial charge >= 0.3 is 12.0 Å². The summed E-state index contributed by atoms with van der Waals surface area (Å²) in [5, 5.41) is 3.69. The zero-order chi connectivity index (χ0) is 18.1. The van der Waals surface area contributed by atoms with Crippen molar-refractivity contribution in [3.8, 4) is 11.5 Å². The van der Waals surface area contributed by atoms with Crippen molar-refractivity contribution in [1.82, 2.24) is 5.43 Å². The molecule has 2 amide bonds. The number of nitrogens with one attached hydrogen (secondary N) is 1. The van der Waals surface area contributed by atoms with Crippen molar-refractivity contribution in [3.05, 3.63) is 22.2 Å². The minimum atomic E-state index is -0.795. The first kappa shape index (κ1) is 19.8. The third-order valence-corrected chi connectivity index (χ3v) is 3.22. The van der Waals surface area contributed by atoms with E-state index in [0.717, 1.165) is 0 Å². The van der Waals surface area contributed by atoms with Gasteiger partial charge in [0.25, 0.3) is 0 Å². The molecule has 0 bridgehead atoms. The van der Waals surface area contributed by atoms with Crippen molar-refractivity contribution in [2.45, 2.75) is 26.9 Å². The van der Waals surface area contributed by atoms with Gasteiger partial charge in [0.15, 0.2) is 17.6 Å². The molecule has 1 aromatic carbocycles. The quantitative estimate of drug-likeness (QED) is 0.393. The molecule has 0 aliphatic heterocycles. The second-order valence-electron chi connectivity index (χ2n) is 4.51. The number of urea groups is 1. The lowest BCUT2D eigenvalue weighted by Crippen LogP contribution is -2.26. The van der Waals surface area contributed by atoms with Gasteiger partial charge in [0.1, 0.15) is 0 Å². The number of esters is 1. The molecule has 0 saturated carbocycles. The Hall–Kier alpha value is -2.29. The lowest BCUT2D eigenvalue weighted by atomic mass is 10.2. The molecule has 24 heavy (non-hydrogen) atoms. The van der Waals surface area contributed by atoms with E-state index in [9.17, 15) is 9.59 Å². The number of halogens is 1. The van der Waals surface area contributed by atoms with E-state index < -0.39 is 18.1 Å². The van der Waals surface area contributed by atoms with Gasteiger partial charge < -0.3 is 19.9 Å². The molecule has 132 valence electrons. The van der Waals surface area contributed by atoms with E-state index in [0.29, 0.717) is 28.1 Å². The summed E-state index contributed by atoms with van der Waals surface area (Å²) in [6.45, 7) is 5.81. The molecule has 9 heteroatoms. The zero-order valence-electron chi connectivity index (χ0n) is 13.7. The molecule has 1 aromatic rings. The molecule has 1 unspecified atom stereocenters. The van der Waals surface area contributed by atoms with Crippen LogP contribution in [0.5, 0.6) is 11.5 Å². The average molecular weight is 402 g/mol. The van der Waals surface area contributed by atoms with Crippen molar-refractivity contribution in [2.75, 3.05) is 13.2 Å². The number of hydrogen-bond acceptors (Lipinski definition) is 6. The minimum absolute atomic E-state index is 0.272. The van der Waals surface area contributed by atoms with Gasteiger partial charge in [-0.15, -0.1) is 0 Å². The number of rotatable bonds is 8. The molecular weight excluding hydrogens is 382 g/mol. The van der Waals surface area contributed by atoms with Crippen LogP contribution in [0.1, 0.15) is 26.3 Å². The summed E-state index contributed by atoms with van der Waals surface area (Å²) in [6, 6.07) is 2.59. The van der Waals surface area contributed by atoms with Crippen molar-refractivity contribution in [3.63, 3.8) is 0 Å². The van der Waals surface area contributed by atoms with Crippen LogP contribution in [-0.2, 0) is 9.53 Å². The van der Waals surface area contributed by atoms with Crippen molar-refractivity contribution in [2.24, 2.45) is 10.8 Å². The molecule has 0 aromatic heterocycles. The maximum atomic E-state index is 11.7. The summed E-state index contributed by atoms with van der Waals surface area (Å²) in [5.41, 5.74) is 7.67. The number of primary amides is 1. The number of hydrazone groups is 1. The fourth-order valence-corrected chi connectivity index (χ4v) is 2.25. The molecule has 0 radical (unpaired) electrons. The van der Waals surface area contributed by atoms with Crippen LogP contribution in [0.15, 0.2) is 21.7 Å². The predicted molar refractivity (Wildman–Crippen MR) is 92.3 cm³/mol. The molecule has 3 N–H and O–H groups in total. The van der Waals surface area contributed by atoms with Gasteiger partial charge in [-0.3, -0.25) is 0 Å². The molecule has 0 aliphatic rings. The van der Waals surface area contributed by atoms with Crippen LogP contribution in [0.2, 0.25) is 0 Å². The summed E-state index contributed by atoms with van der Waals surface area (Å²) >= 11 is 3.37. The second kappa shape index (κ2) is 9.76. The maximum absolute atomic E-state index is 11.7. The SMILES string of the molecule is CCOC(=O)C(C)Oc1c(Br)cc(C=NNC(N)=O)cc1OCC. The average Bonchev–Trinajstić information content (AvgIpc) is 2.50. The zero-order valence-corrected chi connectivity index (χ0v) is 15.3. The third-order valence-electron chi connectivity index (χ3n) is 2.63. The molecule has 8 nitrogen and oxygen atoms in total. The predicted octanol–water partition coefficient (Wildman–Crippen LogP) is 2.18. The van der Waals surface area contributed by atoms with Crippen LogP contribution in [0.4, 0.5) is 4.79 Å². The van der Waals surface area contributed by atoms with E-state index in [1.54, 1.807) is 26.0 Å². The summed E-state index contributed by atoms with van der Waals surface area (Å²) in [7, 11) is 0. The lowest BCUT2D eigenvalue weighted by Gasteiger charge is -2.18. The molecule has 0 aliphatic carbocycles. The Balaban J connectivity index is 3.04. The summed E-state index contributed by atoms with van der Waals surface area (Å²) < 4.78 is 16.7. The molecule has 0 saturated heterocycles. The molecule has 0 fully saturated rings. The molecule has 1 rings (SSSR count). The summed E-state index contributed by atoms with van der Waals surface area (Å²) in [5.74, 6) is 0.323. The Labute approximate surface area is 148 Å². The largest absolute Gasteiger partial charge is 0.490 e. The number of carbonyl (C=O) groups is 2. The van der Waals surface area contributed by atoms with E-state index in [-0.39, 0.29) is 6.61 Å². The van der Waals surface area contributed by atoms with E-state index >= 15 is 0 Å². The summed E-state index contributed by atoms with van der Waals surface area (Å²) in [6.07, 6.45) is 0.604. The van der Waals surface area contributed by atoms with E-state index in [4.69, 9.17) is 19.9 Å². The Bertz CT molecular complexity index is 621. The van der Waals surface area contributed by atoms with Gasteiger partial charge in [-0.25, -0.2) is 15.0 Å². The van der Waals surface area contributed by atoms with Gasteiger partial charge in [-0.1, -0.05) is 0 Å². The van der Waals surface area contributed by atoms with Gasteiger partial charge in [-0.2, -0.15) is 5.10 Å². The number of ether oxygens (including phenoxy) is 3. The van der Waals surface area contributed by atoms with Gasteiger partial charge in [0, 0.05) is 0 Å². The Morgan fingerprint density at radius 1 is 1.38 bits per heavy atom. The maximum Gasteiger partial charge on any atom is 0.347 e. The first-order valence-corrected chi connectivity index (χ1v) is 8.06. The highest BCUT2D eigenvalue weighted by molar-refractivity contribution is 9.10. The van der Waals surface area contributed by atoms with Crippen LogP contribution >= 0.6 is 15.9 Å². The Morgan fingerprint density at radius 2 is 2.08 bits per heavy atom. The number of nitrogens with zero attached hydrogens (tertiary/aromatic N) is 1. The monoisotopic (exact) mass is 401 g/mol. The first-order chi connectivity index (χ1) is 11.4. The topological polar surface area (TPSA) is 112 Å². The van der Waals surface area contributed by atoms with Gasteiger partial charge in [0.05, 0.1) is 23.9 Å². The summed E-state index contributed by atoms with van der Waals surface area (Å²) in [4.78, 5) is 22.3. The van der Waals surface area contributed by atoms with Crippen molar-refractivity contribution >= 4 is 34.1 Å². The molecule has 1 atom stereocenters. The van der Waals surface area contributed by atoms with Crippen LogP contribution in [0.25, 0.3) is 0 Å². The van der Waals surface area contributed by atoms with Crippen LogP contribution in [0, 0.1) is 0 Å². The highest BCUT2D eigenvalue weighted by Crippen LogP contribution is 2.37. The molecule has 0 heterocycles. The fraction of sp³-hybridized carbons (Fsp3) is 0.400. The smallest absolute Gasteiger partial charge is 0.347 e. The number of amides is 2. The first-order valence-electron chi connectivity index (χ1n) is 7.27. The normalized spacial score (nSPS) is 11.8. The van der Waals surface area contributed by atoms with E-state index in [1.807, 2.05) is 6.92 Å². The fourth-order valence-electron chi connectivity index (χ4n) is 1.69. The number of nitrogens with two attached hydrogens (primary N) is 1. The highest BCUT2D eigenvalue weighted by Gasteiger charge is 2.20. The number of carbonyl (C=O) groups excluding carboxylic acids is 2.